The quantitative estimate of drug-likeness (QED) is 0.656. The molecule has 4 N–H and O–H groups in total. The summed E-state index contributed by atoms with van der Waals surface area (Å²) in [6.07, 6.45) is 2.61. The molecule has 0 aromatic rings. The van der Waals surface area contributed by atoms with Crippen molar-refractivity contribution in [3.8, 4) is 0 Å². The highest BCUT2D eigenvalue weighted by Crippen LogP contribution is 2.20. The summed E-state index contributed by atoms with van der Waals surface area (Å²) in [6, 6.07) is 0. The third-order valence-electron chi connectivity index (χ3n) is 2.82. The van der Waals surface area contributed by atoms with E-state index < -0.39 is 0 Å². The molecule has 5 nitrogen and oxygen atoms in total. The molecule has 0 saturated carbocycles. The molecule has 0 unspecified atom stereocenters. The zero-order chi connectivity index (χ0) is 11.3. The van der Waals surface area contributed by atoms with Gasteiger partial charge in [0, 0.05) is 32.5 Å². The van der Waals surface area contributed by atoms with Crippen molar-refractivity contribution in [3.05, 3.63) is 0 Å². The lowest BCUT2D eigenvalue weighted by Crippen LogP contribution is -2.39. The lowest BCUT2D eigenvalue weighted by Gasteiger charge is -2.31. The summed E-state index contributed by atoms with van der Waals surface area (Å²) < 4.78 is 0. The van der Waals surface area contributed by atoms with Crippen LogP contribution in [-0.2, 0) is 9.59 Å². The van der Waals surface area contributed by atoms with E-state index in [0.29, 0.717) is 25.3 Å². The number of carbonyl (C=O) groups excluding carboxylic acids is 2. The Bertz CT molecular complexity index is 235. The van der Waals surface area contributed by atoms with Crippen LogP contribution in [0.15, 0.2) is 0 Å². The number of primary amides is 1. The van der Waals surface area contributed by atoms with Gasteiger partial charge >= 0.3 is 0 Å². The first kappa shape index (κ1) is 12.0. The summed E-state index contributed by atoms with van der Waals surface area (Å²) in [5.74, 6) is 0.223. The molecule has 5 heteroatoms. The first-order chi connectivity index (χ1) is 7.13. The molecule has 1 aliphatic rings. The van der Waals surface area contributed by atoms with Gasteiger partial charge in [0.15, 0.2) is 0 Å². The molecule has 0 aromatic carbocycles. The summed E-state index contributed by atoms with van der Waals surface area (Å²) in [6.45, 7) is 1.87. The van der Waals surface area contributed by atoms with Gasteiger partial charge in [0.1, 0.15) is 0 Å². The second kappa shape index (κ2) is 5.70. The maximum absolute atomic E-state index is 11.5. The monoisotopic (exact) mass is 213 g/mol. The summed E-state index contributed by atoms with van der Waals surface area (Å²) in [5, 5.41) is 0. The second-order valence-electron chi connectivity index (χ2n) is 4.03. The van der Waals surface area contributed by atoms with Gasteiger partial charge < -0.3 is 16.4 Å². The van der Waals surface area contributed by atoms with Gasteiger partial charge in [-0.25, -0.2) is 0 Å². The smallest absolute Gasteiger partial charge is 0.223 e. The molecule has 1 fully saturated rings. The van der Waals surface area contributed by atoms with Gasteiger partial charge in [-0.1, -0.05) is 0 Å². The minimum atomic E-state index is -0.248. The van der Waals surface area contributed by atoms with E-state index in [1.807, 2.05) is 4.90 Å². The summed E-state index contributed by atoms with van der Waals surface area (Å²) in [4.78, 5) is 24.0. The van der Waals surface area contributed by atoms with Crippen molar-refractivity contribution >= 4 is 11.8 Å². The predicted molar refractivity (Wildman–Crippen MR) is 56.8 cm³/mol. The van der Waals surface area contributed by atoms with E-state index in [-0.39, 0.29) is 11.8 Å². The van der Waals surface area contributed by atoms with E-state index in [1.165, 1.54) is 0 Å². The van der Waals surface area contributed by atoms with Gasteiger partial charge in [0.25, 0.3) is 0 Å². The van der Waals surface area contributed by atoms with Crippen molar-refractivity contribution in [2.75, 3.05) is 19.6 Å². The van der Waals surface area contributed by atoms with Crippen LogP contribution in [0.1, 0.15) is 25.7 Å². The van der Waals surface area contributed by atoms with E-state index >= 15 is 0 Å². The van der Waals surface area contributed by atoms with Crippen LogP contribution >= 0.6 is 0 Å². The topological polar surface area (TPSA) is 89.4 Å². The number of likely N-dealkylation sites (tertiary alicyclic amines) is 1. The lowest BCUT2D eigenvalue weighted by molar-refractivity contribution is -0.132. The zero-order valence-corrected chi connectivity index (χ0v) is 8.95. The van der Waals surface area contributed by atoms with Crippen LogP contribution in [0.3, 0.4) is 0 Å². The van der Waals surface area contributed by atoms with Gasteiger partial charge in [-0.15, -0.1) is 0 Å². The molecular weight excluding hydrogens is 194 g/mol. The van der Waals surface area contributed by atoms with E-state index in [0.717, 1.165) is 25.9 Å². The Morgan fingerprint density at radius 3 is 2.33 bits per heavy atom. The Morgan fingerprint density at radius 2 is 1.87 bits per heavy atom. The Labute approximate surface area is 89.8 Å². The largest absolute Gasteiger partial charge is 0.370 e. The predicted octanol–water partition coefficient (Wildman–Crippen LogP) is -0.551. The van der Waals surface area contributed by atoms with Crippen molar-refractivity contribution in [1.82, 2.24) is 4.90 Å². The molecule has 0 aromatic heterocycles. The normalized spacial score (nSPS) is 17.8. The third kappa shape index (κ3) is 3.87. The second-order valence-corrected chi connectivity index (χ2v) is 4.03. The van der Waals surface area contributed by atoms with Gasteiger partial charge in [0.2, 0.25) is 11.8 Å². The lowest BCUT2D eigenvalue weighted by atomic mass is 9.93. The van der Waals surface area contributed by atoms with Crippen LogP contribution in [-0.4, -0.2) is 36.3 Å². The zero-order valence-electron chi connectivity index (χ0n) is 8.95. The molecule has 15 heavy (non-hydrogen) atoms. The maximum Gasteiger partial charge on any atom is 0.223 e. The standard InChI is InChI=1S/C10H19N3O2/c11-4-1-10(15)13-5-2-8(3-6-13)7-9(12)14/h8H,1-7,11H2,(H2,12,14). The maximum atomic E-state index is 11.5. The molecule has 0 bridgehead atoms. The van der Waals surface area contributed by atoms with Crippen LogP contribution in [0.5, 0.6) is 0 Å². The van der Waals surface area contributed by atoms with Gasteiger partial charge in [-0.3, -0.25) is 9.59 Å². The highest BCUT2D eigenvalue weighted by atomic mass is 16.2. The summed E-state index contributed by atoms with van der Waals surface area (Å²) in [7, 11) is 0. The van der Waals surface area contributed by atoms with Crippen molar-refractivity contribution in [3.63, 3.8) is 0 Å². The number of nitrogens with zero attached hydrogens (tertiary/aromatic N) is 1. The SMILES string of the molecule is NCCC(=O)N1CCC(CC(N)=O)CC1. The van der Waals surface area contributed by atoms with Crippen LogP contribution in [0, 0.1) is 5.92 Å². The third-order valence-corrected chi connectivity index (χ3v) is 2.82. The average molecular weight is 213 g/mol. The van der Waals surface area contributed by atoms with Gasteiger partial charge in [-0.05, 0) is 18.8 Å². The number of rotatable bonds is 4. The number of hydrogen-bond acceptors (Lipinski definition) is 3. The van der Waals surface area contributed by atoms with E-state index in [2.05, 4.69) is 0 Å². The molecular formula is C10H19N3O2. The fourth-order valence-electron chi connectivity index (χ4n) is 1.95. The fourth-order valence-corrected chi connectivity index (χ4v) is 1.95. The van der Waals surface area contributed by atoms with Crippen LogP contribution < -0.4 is 11.5 Å². The molecule has 2 amide bonds. The number of piperidine rings is 1. The Morgan fingerprint density at radius 1 is 1.27 bits per heavy atom. The van der Waals surface area contributed by atoms with Gasteiger partial charge in [-0.2, -0.15) is 0 Å². The Balaban J connectivity index is 2.29. The van der Waals surface area contributed by atoms with E-state index in [4.69, 9.17) is 11.5 Å². The fraction of sp³-hybridized carbons (Fsp3) is 0.800. The highest BCUT2D eigenvalue weighted by molar-refractivity contribution is 5.76. The average Bonchev–Trinajstić information content (AvgIpc) is 2.18. The van der Waals surface area contributed by atoms with Crippen molar-refractivity contribution in [2.24, 2.45) is 17.4 Å². The molecule has 1 rings (SSSR count). The van der Waals surface area contributed by atoms with Crippen LogP contribution in [0.4, 0.5) is 0 Å². The van der Waals surface area contributed by atoms with Crippen LogP contribution in [0.2, 0.25) is 0 Å². The van der Waals surface area contributed by atoms with E-state index in [1.54, 1.807) is 0 Å². The Hall–Kier alpha value is -1.10. The number of carbonyl (C=O) groups is 2. The molecule has 0 spiro atoms. The van der Waals surface area contributed by atoms with Crippen molar-refractivity contribution < 1.29 is 9.59 Å². The van der Waals surface area contributed by atoms with Crippen molar-refractivity contribution in [2.45, 2.75) is 25.7 Å². The highest BCUT2D eigenvalue weighted by Gasteiger charge is 2.22. The van der Waals surface area contributed by atoms with E-state index in [9.17, 15) is 9.59 Å². The minimum Gasteiger partial charge on any atom is -0.370 e. The molecule has 0 aliphatic carbocycles. The molecule has 0 radical (unpaired) electrons. The molecule has 1 aliphatic heterocycles. The molecule has 86 valence electrons. The summed E-state index contributed by atoms with van der Waals surface area (Å²) >= 11 is 0. The van der Waals surface area contributed by atoms with Crippen LogP contribution in [0.25, 0.3) is 0 Å². The minimum absolute atomic E-state index is 0.120. The molecule has 0 atom stereocenters. The Kier molecular flexibility index (Phi) is 4.55. The number of amides is 2. The number of hydrogen-bond donors (Lipinski definition) is 2. The first-order valence-corrected chi connectivity index (χ1v) is 5.39. The van der Waals surface area contributed by atoms with Crippen molar-refractivity contribution in [1.29, 1.82) is 0 Å². The molecule has 1 saturated heterocycles. The molecule has 1 heterocycles. The first-order valence-electron chi connectivity index (χ1n) is 5.39. The van der Waals surface area contributed by atoms with Gasteiger partial charge in [0.05, 0.1) is 0 Å². The number of nitrogens with two attached hydrogens (primary N) is 2. The summed E-state index contributed by atoms with van der Waals surface area (Å²) in [5.41, 5.74) is 10.5.